The molecule has 0 saturated carbocycles. The van der Waals surface area contributed by atoms with Gasteiger partial charge in [0.25, 0.3) is 6.43 Å². The van der Waals surface area contributed by atoms with Gasteiger partial charge in [0.15, 0.2) is 0 Å². The van der Waals surface area contributed by atoms with Crippen LogP contribution in [0.4, 0.5) is 8.78 Å². The number of rotatable bonds is 2. The highest BCUT2D eigenvalue weighted by molar-refractivity contribution is 6.20. The molecule has 54 valence electrons. The normalized spacial score (nSPS) is 13.4. The van der Waals surface area contributed by atoms with Crippen LogP contribution in [0.2, 0.25) is 0 Å². The molecule has 0 saturated heterocycles. The Labute approximate surface area is 55.7 Å². The van der Waals surface area contributed by atoms with Crippen LogP contribution in [0.3, 0.4) is 0 Å². The number of ether oxygens (including phenoxy) is 1. The zero-order valence-electron chi connectivity index (χ0n) is 4.61. The summed E-state index contributed by atoms with van der Waals surface area (Å²) in [5, 5.41) is 0. The van der Waals surface area contributed by atoms with Gasteiger partial charge in [-0.3, -0.25) is 4.79 Å². The Hall–Kier alpha value is -0.380. The van der Waals surface area contributed by atoms with Gasteiger partial charge in [0.05, 0.1) is 0 Å². The lowest BCUT2D eigenvalue weighted by molar-refractivity contribution is -0.147. The van der Waals surface area contributed by atoms with Crippen molar-refractivity contribution in [3.8, 4) is 0 Å². The molecule has 0 aromatic carbocycles. The van der Waals surface area contributed by atoms with E-state index in [1.54, 1.807) is 0 Å². The molecule has 2 nitrogen and oxygen atoms in total. The standard InChI is InChI=1S/C4H5ClF2O2/c1-2(8)9-3(5)4(6)7/h3-4H,1H3. The van der Waals surface area contributed by atoms with E-state index in [1.165, 1.54) is 0 Å². The summed E-state index contributed by atoms with van der Waals surface area (Å²) in [6.07, 6.45) is -2.82. The minimum atomic E-state index is -2.82. The van der Waals surface area contributed by atoms with Crippen LogP contribution in [0.5, 0.6) is 0 Å². The van der Waals surface area contributed by atoms with E-state index in [0.717, 1.165) is 6.92 Å². The van der Waals surface area contributed by atoms with Crippen LogP contribution in [-0.4, -0.2) is 18.0 Å². The molecule has 5 heteroatoms. The lowest BCUT2D eigenvalue weighted by Crippen LogP contribution is -2.17. The van der Waals surface area contributed by atoms with Gasteiger partial charge >= 0.3 is 5.97 Å². The third kappa shape index (κ3) is 4.14. The maximum atomic E-state index is 11.4. The second-order valence-electron chi connectivity index (χ2n) is 1.30. The van der Waals surface area contributed by atoms with E-state index in [9.17, 15) is 13.6 Å². The maximum Gasteiger partial charge on any atom is 0.304 e. The number of esters is 1. The molecule has 0 N–H and O–H groups in total. The summed E-state index contributed by atoms with van der Waals surface area (Å²) < 4.78 is 26.6. The molecule has 0 radical (unpaired) electrons. The Morgan fingerprint density at radius 3 is 2.22 bits per heavy atom. The minimum Gasteiger partial charge on any atom is -0.440 e. The molecule has 0 heterocycles. The van der Waals surface area contributed by atoms with E-state index < -0.39 is 18.0 Å². The first-order valence-corrected chi connectivity index (χ1v) is 2.57. The molecule has 1 atom stereocenters. The summed E-state index contributed by atoms with van der Waals surface area (Å²) in [5.74, 6) is -0.810. The molecule has 0 amide bonds. The first-order valence-electron chi connectivity index (χ1n) is 2.13. The number of halogens is 3. The van der Waals surface area contributed by atoms with Crippen molar-refractivity contribution in [3.05, 3.63) is 0 Å². The van der Waals surface area contributed by atoms with Gasteiger partial charge in [-0.1, -0.05) is 11.6 Å². The van der Waals surface area contributed by atoms with Crippen molar-refractivity contribution in [1.82, 2.24) is 0 Å². The lowest BCUT2D eigenvalue weighted by atomic mass is 10.7. The number of alkyl halides is 3. The van der Waals surface area contributed by atoms with E-state index in [1.807, 2.05) is 0 Å². The first kappa shape index (κ1) is 8.62. The van der Waals surface area contributed by atoms with Crippen LogP contribution in [0.25, 0.3) is 0 Å². The average molecular weight is 159 g/mol. The van der Waals surface area contributed by atoms with Crippen molar-refractivity contribution >= 4 is 17.6 Å². The largest absolute Gasteiger partial charge is 0.440 e. The van der Waals surface area contributed by atoms with Crippen molar-refractivity contribution in [2.45, 2.75) is 18.9 Å². The molecular weight excluding hydrogens is 153 g/mol. The molecule has 0 aliphatic carbocycles. The Morgan fingerprint density at radius 1 is 1.67 bits per heavy atom. The molecule has 0 rings (SSSR count). The molecule has 0 aliphatic heterocycles. The van der Waals surface area contributed by atoms with Gasteiger partial charge in [-0.15, -0.1) is 0 Å². The zero-order chi connectivity index (χ0) is 7.44. The highest BCUT2D eigenvalue weighted by Gasteiger charge is 2.19. The fraction of sp³-hybridized carbons (Fsp3) is 0.750. The van der Waals surface area contributed by atoms with Crippen molar-refractivity contribution in [2.24, 2.45) is 0 Å². The Morgan fingerprint density at radius 2 is 2.11 bits per heavy atom. The van der Waals surface area contributed by atoms with Crippen molar-refractivity contribution in [1.29, 1.82) is 0 Å². The molecule has 0 bridgehead atoms. The van der Waals surface area contributed by atoms with Crippen LogP contribution in [0.1, 0.15) is 6.92 Å². The van der Waals surface area contributed by atoms with Gasteiger partial charge in [-0.05, 0) is 0 Å². The van der Waals surface area contributed by atoms with Gasteiger partial charge < -0.3 is 4.74 Å². The number of carbonyl (C=O) groups excluding carboxylic acids is 1. The highest BCUT2D eigenvalue weighted by atomic mass is 35.5. The second kappa shape index (κ2) is 3.61. The lowest BCUT2D eigenvalue weighted by Gasteiger charge is -2.06. The summed E-state index contributed by atoms with van der Waals surface area (Å²) in [6.45, 7) is 1.01. The van der Waals surface area contributed by atoms with Crippen molar-refractivity contribution < 1.29 is 18.3 Å². The molecule has 1 unspecified atom stereocenters. The topological polar surface area (TPSA) is 26.3 Å². The highest BCUT2D eigenvalue weighted by Crippen LogP contribution is 2.09. The number of carbonyl (C=O) groups is 1. The zero-order valence-corrected chi connectivity index (χ0v) is 5.36. The van der Waals surface area contributed by atoms with Crippen LogP contribution < -0.4 is 0 Å². The third-order valence-electron chi connectivity index (χ3n) is 0.477. The predicted octanol–water partition coefficient (Wildman–Crippen LogP) is 1.38. The molecule has 0 spiro atoms. The van der Waals surface area contributed by atoms with Crippen LogP contribution in [-0.2, 0) is 9.53 Å². The Kier molecular flexibility index (Phi) is 3.46. The van der Waals surface area contributed by atoms with E-state index in [-0.39, 0.29) is 0 Å². The summed E-state index contributed by atoms with van der Waals surface area (Å²) >= 11 is 4.82. The van der Waals surface area contributed by atoms with E-state index in [4.69, 9.17) is 11.6 Å². The van der Waals surface area contributed by atoms with Crippen molar-refractivity contribution in [3.63, 3.8) is 0 Å². The molecule has 0 aromatic heterocycles. The Bertz CT molecular complexity index is 107. The maximum absolute atomic E-state index is 11.4. The second-order valence-corrected chi connectivity index (χ2v) is 1.73. The van der Waals surface area contributed by atoms with Gasteiger partial charge in [0, 0.05) is 6.92 Å². The first-order chi connectivity index (χ1) is 4.04. The Balaban J connectivity index is 3.50. The molecule has 0 aromatic rings. The molecule has 9 heavy (non-hydrogen) atoms. The third-order valence-corrected chi connectivity index (χ3v) is 0.756. The van der Waals surface area contributed by atoms with Crippen LogP contribution in [0, 0.1) is 0 Å². The van der Waals surface area contributed by atoms with Gasteiger partial charge in [0.2, 0.25) is 5.56 Å². The molecule has 0 fully saturated rings. The minimum absolute atomic E-state index is 0.810. The summed E-state index contributed by atoms with van der Waals surface area (Å²) in [4.78, 5) is 9.92. The summed E-state index contributed by atoms with van der Waals surface area (Å²) in [7, 11) is 0. The van der Waals surface area contributed by atoms with E-state index in [2.05, 4.69) is 4.74 Å². The van der Waals surface area contributed by atoms with Gasteiger partial charge in [-0.25, -0.2) is 8.78 Å². The SMILES string of the molecule is CC(=O)OC(Cl)C(F)F. The van der Waals surface area contributed by atoms with Crippen LogP contribution in [0.15, 0.2) is 0 Å². The predicted molar refractivity (Wildman–Crippen MR) is 27.4 cm³/mol. The van der Waals surface area contributed by atoms with Gasteiger partial charge in [0.1, 0.15) is 0 Å². The fourth-order valence-electron chi connectivity index (χ4n) is 0.210. The van der Waals surface area contributed by atoms with Crippen molar-refractivity contribution in [2.75, 3.05) is 0 Å². The molecule has 0 aliphatic rings. The van der Waals surface area contributed by atoms with E-state index in [0.29, 0.717) is 0 Å². The summed E-state index contributed by atoms with van der Waals surface area (Å²) in [5.41, 5.74) is -1.82. The van der Waals surface area contributed by atoms with E-state index >= 15 is 0 Å². The number of hydrogen-bond acceptors (Lipinski definition) is 2. The molecular formula is C4H5ClF2O2. The quantitative estimate of drug-likeness (QED) is 0.448. The average Bonchev–Trinajstić information content (AvgIpc) is 1.63. The van der Waals surface area contributed by atoms with Gasteiger partial charge in [-0.2, -0.15) is 0 Å². The fourth-order valence-corrected chi connectivity index (χ4v) is 0.335. The van der Waals surface area contributed by atoms with Crippen LogP contribution >= 0.6 is 11.6 Å². The monoisotopic (exact) mass is 158 g/mol. The summed E-state index contributed by atoms with van der Waals surface area (Å²) in [6, 6.07) is 0. The smallest absolute Gasteiger partial charge is 0.304 e. The number of hydrogen-bond donors (Lipinski definition) is 0.